The van der Waals surface area contributed by atoms with Gasteiger partial charge in [0.15, 0.2) is 0 Å². The monoisotopic (exact) mass is 338 g/mol. The van der Waals surface area contributed by atoms with Gasteiger partial charge in [-0.15, -0.1) is 0 Å². The quantitative estimate of drug-likeness (QED) is 0.625. The number of amides is 2. The van der Waals surface area contributed by atoms with Gasteiger partial charge in [-0.1, -0.05) is 30.3 Å². The Bertz CT molecular complexity index is 828. The zero-order valence-electron chi connectivity index (χ0n) is 13.7. The van der Waals surface area contributed by atoms with Gasteiger partial charge in [-0.05, 0) is 36.8 Å². The van der Waals surface area contributed by atoms with E-state index in [2.05, 4.69) is 5.32 Å². The number of rotatable bonds is 6. The van der Waals surface area contributed by atoms with Crippen LogP contribution in [0, 0.1) is 0 Å². The Morgan fingerprint density at radius 3 is 2.36 bits per heavy atom. The van der Waals surface area contributed by atoms with Crippen LogP contribution in [0.25, 0.3) is 6.08 Å². The number of carbonyl (C=O) groups is 3. The first-order valence-corrected chi connectivity index (χ1v) is 7.67. The molecule has 0 bridgehead atoms. The molecule has 128 valence electrons. The molecule has 3 N–H and O–H groups in total. The van der Waals surface area contributed by atoms with Crippen LogP contribution < -0.4 is 11.1 Å². The van der Waals surface area contributed by atoms with E-state index in [-0.39, 0.29) is 12.2 Å². The maximum atomic E-state index is 12.1. The summed E-state index contributed by atoms with van der Waals surface area (Å²) >= 11 is 0. The van der Waals surface area contributed by atoms with Gasteiger partial charge in [0.1, 0.15) is 0 Å². The molecular formula is C19H18N2O4. The van der Waals surface area contributed by atoms with Crippen molar-refractivity contribution in [2.45, 2.75) is 6.92 Å². The topological polar surface area (TPSA) is 98.5 Å². The summed E-state index contributed by atoms with van der Waals surface area (Å²) in [5.41, 5.74) is 6.74. The van der Waals surface area contributed by atoms with Gasteiger partial charge in [0.25, 0.3) is 5.91 Å². The van der Waals surface area contributed by atoms with Crippen LogP contribution in [0.1, 0.15) is 33.2 Å². The van der Waals surface area contributed by atoms with Crippen LogP contribution in [0.15, 0.2) is 54.6 Å². The number of ether oxygens (including phenoxy) is 1. The highest BCUT2D eigenvalue weighted by Crippen LogP contribution is 2.15. The van der Waals surface area contributed by atoms with Crippen molar-refractivity contribution in [3.05, 3.63) is 71.3 Å². The molecule has 0 aliphatic rings. The van der Waals surface area contributed by atoms with E-state index in [4.69, 9.17) is 10.5 Å². The van der Waals surface area contributed by atoms with E-state index in [1.165, 1.54) is 18.2 Å². The number of benzene rings is 2. The van der Waals surface area contributed by atoms with Crippen molar-refractivity contribution in [3.63, 3.8) is 0 Å². The molecule has 2 aromatic carbocycles. The summed E-state index contributed by atoms with van der Waals surface area (Å²) in [6, 6.07) is 13.2. The van der Waals surface area contributed by atoms with E-state index in [1.807, 2.05) is 0 Å². The Morgan fingerprint density at radius 1 is 1.04 bits per heavy atom. The minimum Gasteiger partial charge on any atom is -0.462 e. The summed E-state index contributed by atoms with van der Waals surface area (Å²) in [5.74, 6) is -1.54. The molecule has 0 aliphatic carbocycles. The number of anilines is 1. The lowest BCUT2D eigenvalue weighted by molar-refractivity contribution is -0.111. The average molecular weight is 338 g/mol. The van der Waals surface area contributed by atoms with Gasteiger partial charge in [-0.3, -0.25) is 9.59 Å². The number of carbonyl (C=O) groups excluding carboxylic acids is 3. The highest BCUT2D eigenvalue weighted by Gasteiger charge is 2.11. The molecule has 25 heavy (non-hydrogen) atoms. The maximum Gasteiger partial charge on any atom is 0.338 e. The van der Waals surface area contributed by atoms with Gasteiger partial charge in [0, 0.05) is 6.08 Å². The second-order valence-corrected chi connectivity index (χ2v) is 5.04. The molecule has 0 radical (unpaired) electrons. The van der Waals surface area contributed by atoms with Gasteiger partial charge >= 0.3 is 5.97 Å². The highest BCUT2D eigenvalue weighted by atomic mass is 16.5. The Kier molecular flexibility index (Phi) is 6.06. The summed E-state index contributed by atoms with van der Waals surface area (Å²) in [7, 11) is 0. The Labute approximate surface area is 145 Å². The number of hydrogen-bond acceptors (Lipinski definition) is 4. The van der Waals surface area contributed by atoms with Crippen molar-refractivity contribution in [2.75, 3.05) is 11.9 Å². The van der Waals surface area contributed by atoms with Crippen molar-refractivity contribution in [2.24, 2.45) is 5.73 Å². The van der Waals surface area contributed by atoms with Crippen LogP contribution in [0.5, 0.6) is 0 Å². The largest absolute Gasteiger partial charge is 0.462 e. The zero-order chi connectivity index (χ0) is 18.2. The van der Waals surface area contributed by atoms with Crippen LogP contribution in [-0.2, 0) is 9.53 Å². The molecule has 0 unspecified atom stereocenters. The summed E-state index contributed by atoms with van der Waals surface area (Å²) in [4.78, 5) is 35.4. The molecule has 0 saturated carbocycles. The number of primary amides is 1. The number of para-hydroxylation sites is 1. The predicted octanol–water partition coefficient (Wildman–Crippen LogP) is 2.61. The molecular weight excluding hydrogens is 320 g/mol. The first kappa shape index (κ1) is 17.9. The lowest BCUT2D eigenvalue weighted by Crippen LogP contribution is -2.16. The Balaban J connectivity index is 2.17. The van der Waals surface area contributed by atoms with Gasteiger partial charge in [-0.2, -0.15) is 0 Å². The average Bonchev–Trinajstić information content (AvgIpc) is 2.60. The number of nitrogens with two attached hydrogens (primary N) is 1. The highest BCUT2D eigenvalue weighted by molar-refractivity contribution is 6.07. The van der Waals surface area contributed by atoms with E-state index in [9.17, 15) is 14.4 Å². The molecule has 0 fully saturated rings. The molecule has 2 rings (SSSR count). The fourth-order valence-corrected chi connectivity index (χ4v) is 2.18. The van der Waals surface area contributed by atoms with Crippen LogP contribution in [0.4, 0.5) is 5.69 Å². The van der Waals surface area contributed by atoms with Crippen molar-refractivity contribution in [1.82, 2.24) is 0 Å². The van der Waals surface area contributed by atoms with E-state index in [0.29, 0.717) is 16.8 Å². The third-order valence-electron chi connectivity index (χ3n) is 3.32. The van der Waals surface area contributed by atoms with Gasteiger partial charge in [-0.25, -0.2) is 4.79 Å². The third-order valence-corrected chi connectivity index (χ3v) is 3.32. The van der Waals surface area contributed by atoms with Crippen LogP contribution in [0.3, 0.4) is 0 Å². The predicted molar refractivity (Wildman–Crippen MR) is 95.0 cm³/mol. The molecule has 0 atom stereocenters. The standard InChI is InChI=1S/C19H18N2O4/c1-2-25-19(24)14-8-4-3-7-13(14)11-12-17(22)21-16-10-6-5-9-15(16)18(20)23/h3-12H,2H2,1H3,(H2,20,23)(H,21,22). The van der Waals surface area contributed by atoms with E-state index < -0.39 is 17.8 Å². The second-order valence-electron chi connectivity index (χ2n) is 5.04. The number of hydrogen-bond donors (Lipinski definition) is 2. The van der Waals surface area contributed by atoms with Crippen molar-refractivity contribution >= 4 is 29.5 Å². The first-order valence-electron chi connectivity index (χ1n) is 7.67. The van der Waals surface area contributed by atoms with Crippen molar-refractivity contribution in [1.29, 1.82) is 0 Å². The molecule has 0 spiro atoms. The molecule has 0 saturated heterocycles. The van der Waals surface area contributed by atoms with Gasteiger partial charge in [0.2, 0.25) is 5.91 Å². The van der Waals surface area contributed by atoms with Crippen molar-refractivity contribution in [3.8, 4) is 0 Å². The molecule has 6 nitrogen and oxygen atoms in total. The molecule has 2 aromatic rings. The Hall–Kier alpha value is -3.41. The maximum absolute atomic E-state index is 12.1. The molecule has 0 aromatic heterocycles. The smallest absolute Gasteiger partial charge is 0.338 e. The molecule has 2 amide bonds. The summed E-state index contributed by atoms with van der Waals surface area (Å²) in [6.45, 7) is 1.99. The van der Waals surface area contributed by atoms with Crippen LogP contribution in [-0.4, -0.2) is 24.4 Å². The minimum atomic E-state index is -0.632. The molecule has 0 aliphatic heterocycles. The van der Waals surface area contributed by atoms with E-state index in [0.717, 1.165) is 0 Å². The Morgan fingerprint density at radius 2 is 1.68 bits per heavy atom. The number of esters is 1. The SMILES string of the molecule is CCOC(=O)c1ccccc1C=CC(=O)Nc1ccccc1C(N)=O. The fourth-order valence-electron chi connectivity index (χ4n) is 2.18. The summed E-state index contributed by atoms with van der Waals surface area (Å²) in [6.07, 6.45) is 2.78. The normalized spacial score (nSPS) is 10.4. The van der Waals surface area contributed by atoms with E-state index >= 15 is 0 Å². The second kappa shape index (κ2) is 8.44. The van der Waals surface area contributed by atoms with Crippen LogP contribution in [0.2, 0.25) is 0 Å². The lowest BCUT2D eigenvalue weighted by Gasteiger charge is -2.07. The lowest BCUT2D eigenvalue weighted by atomic mass is 10.1. The van der Waals surface area contributed by atoms with Gasteiger partial charge in [0.05, 0.1) is 23.4 Å². The summed E-state index contributed by atoms with van der Waals surface area (Å²) < 4.78 is 4.99. The van der Waals surface area contributed by atoms with Crippen molar-refractivity contribution < 1.29 is 19.1 Å². The zero-order valence-corrected chi connectivity index (χ0v) is 13.7. The van der Waals surface area contributed by atoms with E-state index in [1.54, 1.807) is 49.4 Å². The first-order chi connectivity index (χ1) is 12.0. The third kappa shape index (κ3) is 4.78. The molecule has 0 heterocycles. The van der Waals surface area contributed by atoms with Gasteiger partial charge < -0.3 is 15.8 Å². The summed E-state index contributed by atoms with van der Waals surface area (Å²) in [5, 5.41) is 2.59. The fraction of sp³-hybridized carbons (Fsp3) is 0.105. The van der Waals surface area contributed by atoms with Crippen LogP contribution >= 0.6 is 0 Å². The minimum absolute atomic E-state index is 0.219. The molecule has 6 heteroatoms. The number of nitrogens with one attached hydrogen (secondary N) is 1.